The summed E-state index contributed by atoms with van der Waals surface area (Å²) in [4.78, 5) is 1.38. The van der Waals surface area contributed by atoms with Gasteiger partial charge in [-0.25, -0.2) is 0 Å². The molecule has 1 heterocycles. The average Bonchev–Trinajstić information content (AvgIpc) is 2.65. The van der Waals surface area contributed by atoms with Crippen LogP contribution in [0, 0.1) is 6.92 Å². The number of hydrogen-bond donors (Lipinski definition) is 1. The van der Waals surface area contributed by atoms with Crippen LogP contribution in [0.2, 0.25) is 0 Å². The first-order valence-corrected chi connectivity index (χ1v) is 6.45. The minimum atomic E-state index is 0.272. The molecule has 0 aromatic carbocycles. The van der Waals surface area contributed by atoms with Crippen molar-refractivity contribution in [3.8, 4) is 0 Å². The number of likely N-dealkylation sites (N-methyl/N-ethyl adjacent to an activating group) is 1. The summed E-state index contributed by atoms with van der Waals surface area (Å²) in [7, 11) is 2.00. The summed E-state index contributed by atoms with van der Waals surface area (Å²) in [6.07, 6.45) is 1.31. The molecular formula is C12H21NOS. The monoisotopic (exact) mass is 227 g/mol. The number of nitrogens with one attached hydrogen (secondary N) is 1. The van der Waals surface area contributed by atoms with Gasteiger partial charge in [-0.15, -0.1) is 11.3 Å². The van der Waals surface area contributed by atoms with E-state index in [-0.39, 0.29) is 6.10 Å². The molecule has 2 nitrogen and oxygen atoms in total. The van der Waals surface area contributed by atoms with Gasteiger partial charge in [0.25, 0.3) is 0 Å². The summed E-state index contributed by atoms with van der Waals surface area (Å²) in [5.74, 6) is 0. The maximum absolute atomic E-state index is 5.77. The summed E-state index contributed by atoms with van der Waals surface area (Å²) in [5, 5.41) is 5.51. The molecule has 1 aromatic heterocycles. The zero-order valence-electron chi connectivity index (χ0n) is 10.0. The number of rotatable bonds is 6. The quantitative estimate of drug-likeness (QED) is 0.806. The molecule has 2 atom stereocenters. The number of ether oxygens (including phenoxy) is 1. The van der Waals surface area contributed by atoms with E-state index in [9.17, 15) is 0 Å². The van der Waals surface area contributed by atoms with Crippen LogP contribution in [-0.4, -0.2) is 19.8 Å². The van der Waals surface area contributed by atoms with E-state index in [2.05, 4.69) is 37.5 Å². The summed E-state index contributed by atoms with van der Waals surface area (Å²) >= 11 is 1.80. The summed E-state index contributed by atoms with van der Waals surface area (Å²) in [6, 6.07) is 2.52. The molecule has 2 unspecified atom stereocenters. The molecule has 0 saturated carbocycles. The maximum Gasteiger partial charge on any atom is 0.0767 e. The standard InChI is InChI=1S/C12H21NOS/c1-5-11(14-6-2)12(13-4)10-7-8-15-9(10)3/h7-8,11-13H,5-6H2,1-4H3. The Hall–Kier alpha value is -0.380. The molecule has 0 spiro atoms. The van der Waals surface area contributed by atoms with Crippen LogP contribution >= 0.6 is 11.3 Å². The minimum Gasteiger partial charge on any atom is -0.377 e. The Morgan fingerprint density at radius 3 is 2.60 bits per heavy atom. The van der Waals surface area contributed by atoms with Crippen LogP contribution in [0.5, 0.6) is 0 Å². The fourth-order valence-electron chi connectivity index (χ4n) is 1.92. The van der Waals surface area contributed by atoms with Crippen LogP contribution in [-0.2, 0) is 4.74 Å². The fraction of sp³-hybridized carbons (Fsp3) is 0.667. The summed E-state index contributed by atoms with van der Waals surface area (Å²) in [6.45, 7) is 7.17. The van der Waals surface area contributed by atoms with Crippen molar-refractivity contribution in [1.29, 1.82) is 0 Å². The highest BCUT2D eigenvalue weighted by Crippen LogP contribution is 2.27. The van der Waals surface area contributed by atoms with Gasteiger partial charge in [-0.05, 0) is 44.3 Å². The van der Waals surface area contributed by atoms with Crippen LogP contribution in [0.15, 0.2) is 11.4 Å². The smallest absolute Gasteiger partial charge is 0.0767 e. The SMILES string of the molecule is CCOC(CC)C(NC)c1ccsc1C. The normalized spacial score (nSPS) is 15.2. The van der Waals surface area contributed by atoms with Gasteiger partial charge in [-0.1, -0.05) is 6.92 Å². The van der Waals surface area contributed by atoms with Crippen molar-refractivity contribution >= 4 is 11.3 Å². The molecule has 0 fully saturated rings. The third-order valence-electron chi connectivity index (χ3n) is 2.70. The molecule has 1 aromatic rings. The van der Waals surface area contributed by atoms with Gasteiger partial charge < -0.3 is 10.1 Å². The lowest BCUT2D eigenvalue weighted by Gasteiger charge is -2.26. The molecular weight excluding hydrogens is 206 g/mol. The van der Waals surface area contributed by atoms with E-state index in [1.807, 2.05) is 7.05 Å². The first-order chi connectivity index (χ1) is 7.24. The maximum atomic E-state index is 5.77. The van der Waals surface area contributed by atoms with Gasteiger partial charge in [0, 0.05) is 11.5 Å². The van der Waals surface area contributed by atoms with E-state index >= 15 is 0 Å². The molecule has 3 heteroatoms. The predicted molar refractivity (Wildman–Crippen MR) is 66.6 cm³/mol. The Bertz CT molecular complexity index is 285. The second-order valence-corrected chi connectivity index (χ2v) is 4.72. The minimum absolute atomic E-state index is 0.272. The molecule has 0 aliphatic heterocycles. The highest BCUT2D eigenvalue weighted by Gasteiger charge is 2.22. The Kier molecular flexibility index (Phi) is 5.29. The molecule has 1 N–H and O–H groups in total. The van der Waals surface area contributed by atoms with Gasteiger partial charge in [0.15, 0.2) is 0 Å². The number of hydrogen-bond acceptors (Lipinski definition) is 3. The zero-order valence-corrected chi connectivity index (χ0v) is 10.9. The lowest BCUT2D eigenvalue weighted by atomic mass is 10.0. The zero-order chi connectivity index (χ0) is 11.3. The van der Waals surface area contributed by atoms with Gasteiger partial charge in [0.2, 0.25) is 0 Å². The third kappa shape index (κ3) is 3.03. The van der Waals surface area contributed by atoms with Gasteiger partial charge in [0.05, 0.1) is 12.1 Å². The Labute approximate surface area is 96.7 Å². The van der Waals surface area contributed by atoms with E-state index in [0.29, 0.717) is 6.04 Å². The van der Waals surface area contributed by atoms with E-state index in [1.165, 1.54) is 10.4 Å². The van der Waals surface area contributed by atoms with Gasteiger partial charge in [-0.3, -0.25) is 0 Å². The third-order valence-corrected chi connectivity index (χ3v) is 3.56. The van der Waals surface area contributed by atoms with Crippen LogP contribution in [0.1, 0.15) is 36.8 Å². The van der Waals surface area contributed by atoms with Gasteiger partial charge >= 0.3 is 0 Å². The molecule has 0 bridgehead atoms. The van der Waals surface area contributed by atoms with Gasteiger partial charge in [0.1, 0.15) is 0 Å². The number of thiophene rings is 1. The molecule has 0 aliphatic carbocycles. The van der Waals surface area contributed by atoms with Crippen molar-refractivity contribution in [3.05, 3.63) is 21.9 Å². The fourth-order valence-corrected chi connectivity index (χ4v) is 2.67. The first-order valence-electron chi connectivity index (χ1n) is 5.57. The van der Waals surface area contributed by atoms with Crippen molar-refractivity contribution in [1.82, 2.24) is 5.32 Å². The Balaban J connectivity index is 2.82. The van der Waals surface area contributed by atoms with Crippen molar-refractivity contribution in [3.63, 3.8) is 0 Å². The highest BCUT2D eigenvalue weighted by atomic mass is 32.1. The van der Waals surface area contributed by atoms with Crippen LogP contribution in [0.3, 0.4) is 0 Å². The molecule has 86 valence electrons. The highest BCUT2D eigenvalue weighted by molar-refractivity contribution is 7.10. The largest absolute Gasteiger partial charge is 0.377 e. The number of aryl methyl sites for hydroxylation is 1. The van der Waals surface area contributed by atoms with E-state index in [0.717, 1.165) is 13.0 Å². The first kappa shape index (κ1) is 12.7. The van der Waals surface area contributed by atoms with E-state index in [4.69, 9.17) is 4.74 Å². The Morgan fingerprint density at radius 2 is 2.20 bits per heavy atom. The molecule has 15 heavy (non-hydrogen) atoms. The van der Waals surface area contributed by atoms with Crippen molar-refractivity contribution in [2.45, 2.75) is 39.3 Å². The van der Waals surface area contributed by atoms with Crippen molar-refractivity contribution in [2.24, 2.45) is 0 Å². The molecule has 1 rings (SSSR count). The lowest BCUT2D eigenvalue weighted by molar-refractivity contribution is 0.0333. The molecule has 0 amide bonds. The molecule has 0 radical (unpaired) electrons. The lowest BCUT2D eigenvalue weighted by Crippen LogP contribution is -2.31. The summed E-state index contributed by atoms with van der Waals surface area (Å²) < 4.78 is 5.77. The second-order valence-electron chi connectivity index (χ2n) is 3.60. The van der Waals surface area contributed by atoms with E-state index in [1.54, 1.807) is 11.3 Å². The Morgan fingerprint density at radius 1 is 1.47 bits per heavy atom. The van der Waals surface area contributed by atoms with Crippen LogP contribution in [0.25, 0.3) is 0 Å². The van der Waals surface area contributed by atoms with Crippen LogP contribution in [0.4, 0.5) is 0 Å². The van der Waals surface area contributed by atoms with E-state index < -0.39 is 0 Å². The predicted octanol–water partition coefficient (Wildman–Crippen LogP) is 3.13. The summed E-state index contributed by atoms with van der Waals surface area (Å²) in [5.41, 5.74) is 1.38. The average molecular weight is 227 g/mol. The van der Waals surface area contributed by atoms with Crippen molar-refractivity contribution < 1.29 is 4.74 Å². The molecule has 0 saturated heterocycles. The topological polar surface area (TPSA) is 21.3 Å². The molecule has 0 aliphatic rings. The van der Waals surface area contributed by atoms with Crippen molar-refractivity contribution in [2.75, 3.05) is 13.7 Å². The second kappa shape index (κ2) is 6.26. The van der Waals surface area contributed by atoms with Crippen LogP contribution < -0.4 is 5.32 Å². The van der Waals surface area contributed by atoms with Gasteiger partial charge in [-0.2, -0.15) is 0 Å².